The Morgan fingerprint density at radius 1 is 1.60 bits per heavy atom. The summed E-state index contributed by atoms with van der Waals surface area (Å²) in [7, 11) is 2.80. The van der Waals surface area contributed by atoms with Crippen molar-refractivity contribution in [2.24, 2.45) is 11.8 Å². The monoisotopic (exact) mass is 214 g/mol. The van der Waals surface area contributed by atoms with Gasteiger partial charge in [0.25, 0.3) is 0 Å². The molecule has 86 valence electrons. The summed E-state index contributed by atoms with van der Waals surface area (Å²) in [6, 6.07) is 0. The van der Waals surface area contributed by atoms with E-state index in [2.05, 4.69) is 0 Å². The Balaban J connectivity index is 2.79. The molecule has 0 aromatic heterocycles. The van der Waals surface area contributed by atoms with E-state index in [-0.39, 0.29) is 17.8 Å². The van der Waals surface area contributed by atoms with Crippen LogP contribution in [0.25, 0.3) is 0 Å². The number of carbonyl (C=O) groups is 1. The van der Waals surface area contributed by atoms with Gasteiger partial charge < -0.3 is 14.6 Å². The molecule has 1 N–H and O–H groups in total. The van der Waals surface area contributed by atoms with Gasteiger partial charge in [0.1, 0.15) is 0 Å². The zero-order valence-electron chi connectivity index (χ0n) is 9.40. The fraction of sp³-hybridized carbons (Fsp3) is 0.727. The molecule has 3 atom stereocenters. The van der Waals surface area contributed by atoms with E-state index in [1.54, 1.807) is 0 Å². The molecule has 4 nitrogen and oxygen atoms in total. The molecule has 0 saturated heterocycles. The molecule has 0 amide bonds. The maximum atomic E-state index is 11.5. The lowest BCUT2D eigenvalue weighted by Gasteiger charge is -2.31. The van der Waals surface area contributed by atoms with E-state index >= 15 is 0 Å². The fourth-order valence-corrected chi connectivity index (χ4v) is 2.00. The van der Waals surface area contributed by atoms with Crippen LogP contribution in [0.4, 0.5) is 0 Å². The minimum atomic E-state index is -0.905. The minimum Gasteiger partial charge on any atom is -0.469 e. The van der Waals surface area contributed by atoms with Crippen LogP contribution in [0.3, 0.4) is 0 Å². The normalized spacial score (nSPS) is 28.1. The average molecular weight is 214 g/mol. The van der Waals surface area contributed by atoms with E-state index < -0.39 is 6.29 Å². The smallest absolute Gasteiger partial charge is 0.309 e. The number of hydrogen-bond donors (Lipinski definition) is 1. The van der Waals surface area contributed by atoms with Crippen molar-refractivity contribution >= 4 is 5.97 Å². The summed E-state index contributed by atoms with van der Waals surface area (Å²) in [6.07, 6.45) is 2.40. The van der Waals surface area contributed by atoms with Crippen molar-refractivity contribution in [1.82, 2.24) is 0 Å². The summed E-state index contributed by atoms with van der Waals surface area (Å²) in [6.45, 7) is 1.99. The van der Waals surface area contributed by atoms with Gasteiger partial charge >= 0.3 is 5.97 Å². The average Bonchev–Trinajstić information content (AvgIpc) is 2.26. The van der Waals surface area contributed by atoms with Crippen molar-refractivity contribution in [3.63, 3.8) is 0 Å². The molecular formula is C11H18O4. The summed E-state index contributed by atoms with van der Waals surface area (Å²) in [4.78, 5) is 11.5. The summed E-state index contributed by atoms with van der Waals surface area (Å²) in [5.41, 5.74) is 1.18. The quantitative estimate of drug-likeness (QED) is 0.434. The molecule has 1 aliphatic rings. The summed E-state index contributed by atoms with van der Waals surface area (Å²) in [5, 5.41) is 9.66. The highest BCUT2D eigenvalue weighted by molar-refractivity contribution is 5.73. The molecule has 0 saturated carbocycles. The minimum absolute atomic E-state index is 0.201. The van der Waals surface area contributed by atoms with Gasteiger partial charge in [0.15, 0.2) is 6.29 Å². The number of aliphatic hydroxyl groups excluding tert-OH is 1. The first-order valence-electron chi connectivity index (χ1n) is 5.04. The Hall–Kier alpha value is -0.870. The number of aliphatic hydroxyl groups is 1. The van der Waals surface area contributed by atoms with E-state index in [0.717, 1.165) is 0 Å². The number of ether oxygens (including phenoxy) is 2. The first kappa shape index (κ1) is 12.2. The van der Waals surface area contributed by atoms with E-state index in [0.29, 0.717) is 12.8 Å². The first-order valence-corrected chi connectivity index (χ1v) is 5.04. The van der Waals surface area contributed by atoms with Gasteiger partial charge in [-0.05, 0) is 19.8 Å². The number of hydrogen-bond acceptors (Lipinski definition) is 4. The summed E-state index contributed by atoms with van der Waals surface area (Å²) in [5.74, 6) is -0.777. The molecule has 15 heavy (non-hydrogen) atoms. The van der Waals surface area contributed by atoms with Crippen molar-refractivity contribution in [1.29, 1.82) is 0 Å². The SMILES string of the molecule is COC(=O)C1CC=C(C)CC1C(O)OC. The molecule has 3 unspecified atom stereocenters. The van der Waals surface area contributed by atoms with Crippen LogP contribution in [-0.2, 0) is 14.3 Å². The van der Waals surface area contributed by atoms with Crippen LogP contribution in [0, 0.1) is 11.8 Å². The molecule has 0 radical (unpaired) electrons. The Kier molecular flexibility index (Phi) is 4.29. The van der Waals surface area contributed by atoms with Crippen molar-refractivity contribution < 1.29 is 19.4 Å². The third-order valence-corrected chi connectivity index (χ3v) is 2.91. The zero-order chi connectivity index (χ0) is 11.4. The van der Waals surface area contributed by atoms with E-state index in [1.165, 1.54) is 19.8 Å². The highest BCUT2D eigenvalue weighted by atomic mass is 16.6. The van der Waals surface area contributed by atoms with Gasteiger partial charge in [-0.3, -0.25) is 4.79 Å². The van der Waals surface area contributed by atoms with E-state index in [4.69, 9.17) is 9.47 Å². The summed E-state index contributed by atoms with van der Waals surface area (Å²) < 4.78 is 9.60. The maximum absolute atomic E-state index is 11.5. The van der Waals surface area contributed by atoms with Crippen LogP contribution in [-0.4, -0.2) is 31.6 Å². The molecule has 0 fully saturated rings. The van der Waals surface area contributed by atoms with Gasteiger partial charge in [0.2, 0.25) is 0 Å². The third-order valence-electron chi connectivity index (χ3n) is 2.91. The van der Waals surface area contributed by atoms with E-state index in [1.807, 2.05) is 13.0 Å². The molecule has 0 aromatic rings. The largest absolute Gasteiger partial charge is 0.469 e. The van der Waals surface area contributed by atoms with Crippen LogP contribution in [0.2, 0.25) is 0 Å². The molecule has 0 aromatic carbocycles. The van der Waals surface area contributed by atoms with Crippen molar-refractivity contribution in [2.75, 3.05) is 14.2 Å². The predicted octanol–water partition coefficient (Wildman–Crippen LogP) is 1.10. The molecule has 0 bridgehead atoms. The number of allylic oxidation sites excluding steroid dienone is 2. The van der Waals surface area contributed by atoms with Crippen LogP contribution in [0.15, 0.2) is 11.6 Å². The second-order valence-corrected chi connectivity index (χ2v) is 3.91. The molecule has 1 aliphatic carbocycles. The Bertz CT molecular complexity index is 259. The Morgan fingerprint density at radius 3 is 2.80 bits per heavy atom. The summed E-state index contributed by atoms with van der Waals surface area (Å²) >= 11 is 0. The molecular weight excluding hydrogens is 196 g/mol. The van der Waals surface area contributed by atoms with Crippen LogP contribution >= 0.6 is 0 Å². The molecule has 0 spiro atoms. The number of esters is 1. The van der Waals surface area contributed by atoms with Gasteiger partial charge in [-0.1, -0.05) is 11.6 Å². The third kappa shape index (κ3) is 2.79. The number of methoxy groups -OCH3 is 2. The molecule has 0 heterocycles. The molecule has 4 heteroatoms. The van der Waals surface area contributed by atoms with Crippen molar-refractivity contribution in [3.8, 4) is 0 Å². The van der Waals surface area contributed by atoms with Gasteiger partial charge in [-0.25, -0.2) is 0 Å². The highest BCUT2D eigenvalue weighted by Crippen LogP contribution is 2.33. The topological polar surface area (TPSA) is 55.8 Å². The Labute approximate surface area is 89.9 Å². The predicted molar refractivity (Wildman–Crippen MR) is 55.0 cm³/mol. The van der Waals surface area contributed by atoms with E-state index in [9.17, 15) is 9.90 Å². The van der Waals surface area contributed by atoms with Gasteiger partial charge in [0.05, 0.1) is 13.0 Å². The van der Waals surface area contributed by atoms with Gasteiger partial charge in [-0.2, -0.15) is 0 Å². The second kappa shape index (κ2) is 5.28. The van der Waals surface area contributed by atoms with Crippen molar-refractivity contribution in [3.05, 3.63) is 11.6 Å². The molecule has 0 aliphatic heterocycles. The lowest BCUT2D eigenvalue weighted by molar-refractivity contribution is -0.162. The lowest BCUT2D eigenvalue weighted by Crippen LogP contribution is -2.36. The number of rotatable bonds is 3. The first-order chi connectivity index (χ1) is 7.10. The maximum Gasteiger partial charge on any atom is 0.309 e. The van der Waals surface area contributed by atoms with Crippen LogP contribution < -0.4 is 0 Å². The van der Waals surface area contributed by atoms with Crippen LogP contribution in [0.5, 0.6) is 0 Å². The van der Waals surface area contributed by atoms with Gasteiger partial charge in [0, 0.05) is 13.0 Å². The van der Waals surface area contributed by atoms with Crippen molar-refractivity contribution in [2.45, 2.75) is 26.1 Å². The standard InChI is InChI=1S/C11H18O4/c1-7-4-5-8(10(12)14-2)9(6-7)11(13)15-3/h4,8-9,11,13H,5-6H2,1-3H3. The lowest BCUT2D eigenvalue weighted by atomic mass is 9.79. The fourth-order valence-electron chi connectivity index (χ4n) is 2.00. The van der Waals surface area contributed by atoms with Crippen LogP contribution in [0.1, 0.15) is 19.8 Å². The highest BCUT2D eigenvalue weighted by Gasteiger charge is 2.36. The second-order valence-electron chi connectivity index (χ2n) is 3.91. The number of carbonyl (C=O) groups excluding carboxylic acids is 1. The van der Waals surface area contributed by atoms with Gasteiger partial charge in [-0.15, -0.1) is 0 Å². The Morgan fingerprint density at radius 2 is 2.27 bits per heavy atom. The molecule has 1 rings (SSSR count). The zero-order valence-corrected chi connectivity index (χ0v) is 9.40.